The Morgan fingerprint density at radius 3 is 2.75 bits per heavy atom. The average Bonchev–Trinajstić information content (AvgIpc) is 2.47. The predicted molar refractivity (Wildman–Crippen MR) is 76.6 cm³/mol. The van der Waals surface area contributed by atoms with Crippen LogP contribution in [0.15, 0.2) is 18.2 Å². The molecule has 3 nitrogen and oxygen atoms in total. The summed E-state index contributed by atoms with van der Waals surface area (Å²) < 4.78 is 25.8. The van der Waals surface area contributed by atoms with Crippen LogP contribution in [0, 0.1) is 11.6 Å². The number of halogens is 2. The summed E-state index contributed by atoms with van der Waals surface area (Å²) in [5.41, 5.74) is 0.559. The number of benzene rings is 1. The minimum absolute atomic E-state index is 0.0711. The van der Waals surface area contributed by atoms with Gasteiger partial charge in [0.2, 0.25) is 5.91 Å². The predicted octanol–water partition coefficient (Wildman–Crippen LogP) is 2.07. The fraction of sp³-hybridized carbons (Fsp3) is 0.500. The molecular formula is C14H18F2N2OS. The van der Waals surface area contributed by atoms with Crippen molar-refractivity contribution in [1.29, 1.82) is 0 Å². The van der Waals surface area contributed by atoms with E-state index in [1.54, 1.807) is 11.8 Å². The number of hydrogen-bond acceptors (Lipinski definition) is 3. The molecule has 0 saturated carbocycles. The molecule has 1 amide bonds. The number of rotatable bonds is 5. The maximum absolute atomic E-state index is 13.0. The molecule has 1 aromatic carbocycles. The maximum Gasteiger partial charge on any atom is 0.230 e. The monoisotopic (exact) mass is 300 g/mol. The quantitative estimate of drug-likeness (QED) is 0.874. The lowest BCUT2D eigenvalue weighted by atomic mass is 10.2. The van der Waals surface area contributed by atoms with Gasteiger partial charge < -0.3 is 10.6 Å². The zero-order chi connectivity index (χ0) is 14.4. The summed E-state index contributed by atoms with van der Waals surface area (Å²) >= 11 is 1.66. The molecule has 0 aliphatic carbocycles. The summed E-state index contributed by atoms with van der Waals surface area (Å²) in [5, 5.41) is 6.53. The van der Waals surface area contributed by atoms with E-state index in [2.05, 4.69) is 10.6 Å². The molecule has 0 unspecified atom stereocenters. The van der Waals surface area contributed by atoms with E-state index in [0.717, 1.165) is 38.1 Å². The van der Waals surface area contributed by atoms with Gasteiger partial charge >= 0.3 is 0 Å². The van der Waals surface area contributed by atoms with E-state index >= 15 is 0 Å². The van der Waals surface area contributed by atoms with Gasteiger partial charge in [0.15, 0.2) is 11.6 Å². The van der Waals surface area contributed by atoms with E-state index in [1.165, 1.54) is 6.07 Å². The first-order chi connectivity index (χ1) is 9.65. The third kappa shape index (κ3) is 4.76. The Hall–Kier alpha value is -1.14. The third-order valence-corrected chi connectivity index (χ3v) is 4.58. The summed E-state index contributed by atoms with van der Waals surface area (Å²) in [4.78, 5) is 11.7. The highest BCUT2D eigenvalue weighted by Gasteiger charge is 2.14. The fourth-order valence-electron chi connectivity index (χ4n) is 2.06. The van der Waals surface area contributed by atoms with E-state index in [9.17, 15) is 13.6 Å². The fourth-order valence-corrected chi connectivity index (χ4v) is 3.12. The highest BCUT2D eigenvalue weighted by atomic mass is 32.2. The van der Waals surface area contributed by atoms with Gasteiger partial charge in [-0.25, -0.2) is 8.78 Å². The second kappa shape index (κ2) is 7.59. The van der Waals surface area contributed by atoms with Gasteiger partial charge in [0.05, 0.1) is 5.75 Å². The van der Waals surface area contributed by atoms with Crippen LogP contribution in [-0.2, 0) is 11.3 Å². The second-order valence-electron chi connectivity index (χ2n) is 4.79. The number of thioether (sulfide) groups is 1. The van der Waals surface area contributed by atoms with Crippen LogP contribution >= 0.6 is 11.8 Å². The van der Waals surface area contributed by atoms with Crippen LogP contribution in [0.3, 0.4) is 0 Å². The lowest BCUT2D eigenvalue weighted by Gasteiger charge is -2.21. The van der Waals surface area contributed by atoms with Crippen molar-refractivity contribution in [2.45, 2.75) is 24.6 Å². The first-order valence-corrected chi connectivity index (χ1v) is 7.73. The zero-order valence-electron chi connectivity index (χ0n) is 11.1. The Morgan fingerprint density at radius 2 is 2.05 bits per heavy atom. The molecule has 0 spiro atoms. The van der Waals surface area contributed by atoms with Gasteiger partial charge in [0, 0.05) is 11.8 Å². The van der Waals surface area contributed by atoms with Gasteiger partial charge in [-0.15, -0.1) is 11.8 Å². The average molecular weight is 300 g/mol. The Kier molecular flexibility index (Phi) is 5.79. The van der Waals surface area contributed by atoms with Gasteiger partial charge in [-0.1, -0.05) is 6.07 Å². The minimum Gasteiger partial charge on any atom is -0.351 e. The van der Waals surface area contributed by atoms with Crippen molar-refractivity contribution in [3.05, 3.63) is 35.4 Å². The summed E-state index contributed by atoms with van der Waals surface area (Å²) in [7, 11) is 0. The second-order valence-corrected chi connectivity index (χ2v) is 6.07. The molecule has 1 heterocycles. The Morgan fingerprint density at radius 1 is 1.30 bits per heavy atom. The topological polar surface area (TPSA) is 41.1 Å². The largest absolute Gasteiger partial charge is 0.351 e. The molecule has 0 bridgehead atoms. The molecule has 110 valence electrons. The van der Waals surface area contributed by atoms with E-state index in [-0.39, 0.29) is 12.5 Å². The van der Waals surface area contributed by atoms with Crippen molar-refractivity contribution in [2.75, 3.05) is 18.8 Å². The van der Waals surface area contributed by atoms with Crippen molar-refractivity contribution in [1.82, 2.24) is 10.6 Å². The molecule has 1 aromatic rings. The summed E-state index contributed by atoms with van der Waals surface area (Å²) in [6, 6.07) is 3.65. The molecule has 1 fully saturated rings. The summed E-state index contributed by atoms with van der Waals surface area (Å²) in [5.74, 6) is -1.42. The molecule has 0 radical (unpaired) electrons. The van der Waals surface area contributed by atoms with Crippen LogP contribution in [0.1, 0.15) is 18.4 Å². The Bertz CT molecular complexity index is 464. The van der Waals surface area contributed by atoms with Crippen molar-refractivity contribution in [3.8, 4) is 0 Å². The Balaban J connectivity index is 1.70. The van der Waals surface area contributed by atoms with Gasteiger partial charge in [-0.2, -0.15) is 0 Å². The van der Waals surface area contributed by atoms with Crippen LogP contribution < -0.4 is 10.6 Å². The number of amides is 1. The molecular weight excluding hydrogens is 282 g/mol. The molecule has 6 heteroatoms. The van der Waals surface area contributed by atoms with Gasteiger partial charge in [-0.05, 0) is 43.6 Å². The molecule has 20 heavy (non-hydrogen) atoms. The Labute approximate surface area is 121 Å². The zero-order valence-corrected chi connectivity index (χ0v) is 11.9. The number of carbonyl (C=O) groups excluding carboxylic acids is 1. The number of carbonyl (C=O) groups is 1. The van der Waals surface area contributed by atoms with Crippen LogP contribution in [0.25, 0.3) is 0 Å². The molecule has 0 atom stereocenters. The van der Waals surface area contributed by atoms with Crippen LogP contribution in [0.5, 0.6) is 0 Å². The van der Waals surface area contributed by atoms with Crippen molar-refractivity contribution in [3.63, 3.8) is 0 Å². The normalized spacial score (nSPS) is 16.1. The highest BCUT2D eigenvalue weighted by Crippen LogP contribution is 2.19. The summed E-state index contributed by atoms with van der Waals surface area (Å²) in [6.45, 7) is 2.24. The molecule has 1 aliphatic heterocycles. The highest BCUT2D eigenvalue weighted by molar-refractivity contribution is 8.00. The van der Waals surface area contributed by atoms with E-state index in [0.29, 0.717) is 16.6 Å². The van der Waals surface area contributed by atoms with E-state index in [1.807, 2.05) is 0 Å². The molecule has 2 rings (SSSR count). The van der Waals surface area contributed by atoms with Crippen molar-refractivity contribution < 1.29 is 13.6 Å². The van der Waals surface area contributed by atoms with Crippen molar-refractivity contribution >= 4 is 17.7 Å². The standard InChI is InChI=1S/C14H18F2N2OS/c15-12-2-1-10(7-13(12)16)8-18-14(19)9-20-11-3-5-17-6-4-11/h1-2,7,11,17H,3-6,8-9H2,(H,18,19). The smallest absolute Gasteiger partial charge is 0.230 e. The number of hydrogen-bond donors (Lipinski definition) is 2. The SMILES string of the molecule is O=C(CSC1CCNCC1)NCc1ccc(F)c(F)c1. The number of nitrogens with one attached hydrogen (secondary N) is 2. The van der Waals surface area contributed by atoms with Gasteiger partial charge in [0.25, 0.3) is 0 Å². The van der Waals surface area contributed by atoms with E-state index < -0.39 is 11.6 Å². The van der Waals surface area contributed by atoms with Gasteiger partial charge in [-0.3, -0.25) is 4.79 Å². The molecule has 2 N–H and O–H groups in total. The van der Waals surface area contributed by atoms with Crippen LogP contribution in [-0.4, -0.2) is 30.0 Å². The van der Waals surface area contributed by atoms with E-state index in [4.69, 9.17) is 0 Å². The lowest BCUT2D eigenvalue weighted by Crippen LogP contribution is -2.31. The number of piperidine rings is 1. The first kappa shape index (κ1) is 15.3. The maximum atomic E-state index is 13.0. The lowest BCUT2D eigenvalue weighted by molar-refractivity contribution is -0.118. The van der Waals surface area contributed by atoms with Crippen molar-refractivity contribution in [2.24, 2.45) is 0 Å². The van der Waals surface area contributed by atoms with Crippen LogP contribution in [0.4, 0.5) is 8.78 Å². The van der Waals surface area contributed by atoms with Crippen LogP contribution in [0.2, 0.25) is 0 Å². The third-order valence-electron chi connectivity index (χ3n) is 3.21. The first-order valence-electron chi connectivity index (χ1n) is 6.68. The molecule has 1 aliphatic rings. The summed E-state index contributed by atoms with van der Waals surface area (Å²) in [6.07, 6.45) is 2.17. The minimum atomic E-state index is -0.888. The molecule has 0 aromatic heterocycles. The van der Waals surface area contributed by atoms with Gasteiger partial charge in [0.1, 0.15) is 0 Å². The molecule has 1 saturated heterocycles.